The van der Waals surface area contributed by atoms with Gasteiger partial charge in [0.15, 0.2) is 5.69 Å². The first-order valence-corrected chi connectivity index (χ1v) is 6.38. The molecule has 2 rings (SSSR count). The van der Waals surface area contributed by atoms with Crippen LogP contribution in [0, 0.1) is 13.8 Å². The third-order valence-corrected chi connectivity index (χ3v) is 3.46. The van der Waals surface area contributed by atoms with Crippen LogP contribution in [0.2, 0.25) is 5.02 Å². The number of rotatable bonds is 2. The summed E-state index contributed by atoms with van der Waals surface area (Å²) in [6, 6.07) is -0.960. The van der Waals surface area contributed by atoms with Crippen molar-refractivity contribution < 1.29 is 18.0 Å². The number of hydrogen-bond acceptors (Lipinski definition) is 3. The average molecular weight is 321 g/mol. The Bertz CT molecular complexity index is 689. The lowest BCUT2D eigenvalue weighted by atomic mass is 10.3. The Balaban J connectivity index is 2.40. The Morgan fingerprint density at radius 2 is 2.00 bits per heavy atom. The van der Waals surface area contributed by atoms with Crippen molar-refractivity contribution in [3.05, 3.63) is 34.4 Å². The highest BCUT2D eigenvalue weighted by Crippen LogP contribution is 2.36. The van der Waals surface area contributed by atoms with Gasteiger partial charge in [-0.05, 0) is 26.3 Å². The van der Waals surface area contributed by atoms with Crippen LogP contribution in [-0.2, 0) is 6.18 Å². The standard InChI is InChI=1S/C12H12ClF3N4O/c1-6-4-17-19(5-6)11(21)8(3)20-7(2)9(13)10(18-20)12(14,15)16/h4-5,8H,1-3H3. The maximum absolute atomic E-state index is 12.8. The molecule has 2 aromatic rings. The van der Waals surface area contributed by atoms with E-state index in [1.165, 1.54) is 26.2 Å². The number of halogens is 4. The number of nitrogens with zero attached hydrogens (tertiary/aromatic N) is 4. The second-order valence-corrected chi connectivity index (χ2v) is 5.04. The molecule has 0 saturated carbocycles. The normalized spacial score (nSPS) is 13.5. The Labute approximate surface area is 123 Å². The van der Waals surface area contributed by atoms with E-state index >= 15 is 0 Å². The van der Waals surface area contributed by atoms with Gasteiger partial charge < -0.3 is 0 Å². The summed E-state index contributed by atoms with van der Waals surface area (Å²) in [5.41, 5.74) is -0.353. The summed E-state index contributed by atoms with van der Waals surface area (Å²) in [6.07, 6.45) is -1.70. The summed E-state index contributed by atoms with van der Waals surface area (Å²) in [6.45, 7) is 4.57. The monoisotopic (exact) mass is 320 g/mol. The molecule has 0 N–H and O–H groups in total. The lowest BCUT2D eigenvalue weighted by Gasteiger charge is -2.12. The molecule has 1 atom stereocenters. The van der Waals surface area contributed by atoms with Crippen LogP contribution in [0.4, 0.5) is 13.2 Å². The van der Waals surface area contributed by atoms with Crippen LogP contribution >= 0.6 is 11.6 Å². The van der Waals surface area contributed by atoms with Crippen molar-refractivity contribution in [2.45, 2.75) is 33.0 Å². The minimum absolute atomic E-state index is 0.0775. The zero-order chi connectivity index (χ0) is 15.9. The van der Waals surface area contributed by atoms with Crippen molar-refractivity contribution in [3.8, 4) is 0 Å². The molecule has 5 nitrogen and oxygen atoms in total. The Morgan fingerprint density at radius 3 is 2.43 bits per heavy atom. The van der Waals surface area contributed by atoms with Gasteiger partial charge in [-0.15, -0.1) is 0 Å². The van der Waals surface area contributed by atoms with E-state index in [4.69, 9.17) is 11.6 Å². The molecule has 21 heavy (non-hydrogen) atoms. The van der Waals surface area contributed by atoms with Crippen LogP contribution in [-0.4, -0.2) is 25.5 Å². The van der Waals surface area contributed by atoms with Crippen molar-refractivity contribution >= 4 is 17.5 Å². The second kappa shape index (κ2) is 5.18. The lowest BCUT2D eigenvalue weighted by Crippen LogP contribution is -2.25. The molecule has 2 aromatic heterocycles. The van der Waals surface area contributed by atoms with E-state index in [1.807, 2.05) is 0 Å². The molecule has 9 heteroatoms. The Kier molecular flexibility index (Phi) is 3.83. The van der Waals surface area contributed by atoms with Crippen molar-refractivity contribution in [1.82, 2.24) is 19.6 Å². The zero-order valence-electron chi connectivity index (χ0n) is 11.4. The molecule has 0 aliphatic rings. The van der Waals surface area contributed by atoms with Gasteiger partial charge in [-0.3, -0.25) is 9.48 Å². The fourth-order valence-corrected chi connectivity index (χ4v) is 2.12. The maximum Gasteiger partial charge on any atom is 0.436 e. The molecular formula is C12H12ClF3N4O. The summed E-state index contributed by atoms with van der Waals surface area (Å²) in [4.78, 5) is 12.2. The Morgan fingerprint density at radius 1 is 1.38 bits per heavy atom. The first-order chi connectivity index (χ1) is 9.62. The van der Waals surface area contributed by atoms with E-state index in [0.717, 1.165) is 14.9 Å². The van der Waals surface area contributed by atoms with E-state index in [-0.39, 0.29) is 5.69 Å². The van der Waals surface area contributed by atoms with Gasteiger partial charge >= 0.3 is 6.18 Å². The van der Waals surface area contributed by atoms with Gasteiger partial charge in [0.1, 0.15) is 6.04 Å². The number of carbonyl (C=O) groups excluding carboxylic acids is 1. The molecule has 0 aliphatic heterocycles. The minimum atomic E-state index is -4.67. The molecule has 1 unspecified atom stereocenters. The number of aromatic nitrogens is 4. The van der Waals surface area contributed by atoms with Crippen LogP contribution < -0.4 is 0 Å². The van der Waals surface area contributed by atoms with Crippen molar-refractivity contribution in [2.75, 3.05) is 0 Å². The maximum atomic E-state index is 12.8. The molecule has 2 heterocycles. The van der Waals surface area contributed by atoms with Crippen LogP contribution in [0.25, 0.3) is 0 Å². The molecule has 0 spiro atoms. The number of aryl methyl sites for hydroxylation is 1. The van der Waals surface area contributed by atoms with E-state index in [2.05, 4.69) is 10.2 Å². The summed E-state index contributed by atoms with van der Waals surface area (Å²) in [7, 11) is 0. The largest absolute Gasteiger partial charge is 0.436 e. The predicted octanol–water partition coefficient (Wildman–Crippen LogP) is 3.27. The molecule has 0 saturated heterocycles. The summed E-state index contributed by atoms with van der Waals surface area (Å²) in [5, 5.41) is 6.77. The number of hydrogen-bond donors (Lipinski definition) is 0. The minimum Gasteiger partial charge on any atom is -0.270 e. The molecule has 0 bridgehead atoms. The van der Waals surface area contributed by atoms with Crippen LogP contribution in [0.15, 0.2) is 12.4 Å². The first kappa shape index (κ1) is 15.6. The fraction of sp³-hybridized carbons (Fsp3) is 0.417. The van der Waals surface area contributed by atoms with Crippen LogP contribution in [0.3, 0.4) is 0 Å². The molecule has 0 aromatic carbocycles. The van der Waals surface area contributed by atoms with Crippen molar-refractivity contribution in [2.24, 2.45) is 0 Å². The van der Waals surface area contributed by atoms with E-state index < -0.39 is 28.8 Å². The predicted molar refractivity (Wildman–Crippen MR) is 69.3 cm³/mol. The zero-order valence-corrected chi connectivity index (χ0v) is 12.2. The van der Waals surface area contributed by atoms with E-state index in [0.29, 0.717) is 0 Å². The van der Waals surface area contributed by atoms with Gasteiger partial charge in [0.25, 0.3) is 5.91 Å². The lowest BCUT2D eigenvalue weighted by molar-refractivity contribution is -0.141. The quantitative estimate of drug-likeness (QED) is 0.853. The molecule has 114 valence electrons. The van der Waals surface area contributed by atoms with Crippen LogP contribution in [0.5, 0.6) is 0 Å². The summed E-state index contributed by atoms with van der Waals surface area (Å²) in [5.74, 6) is -0.501. The first-order valence-electron chi connectivity index (χ1n) is 6.00. The summed E-state index contributed by atoms with van der Waals surface area (Å²) >= 11 is 5.66. The van der Waals surface area contributed by atoms with Gasteiger partial charge in [0.05, 0.1) is 16.9 Å². The third-order valence-electron chi connectivity index (χ3n) is 3.01. The Hall–Kier alpha value is -1.83. The van der Waals surface area contributed by atoms with E-state index in [9.17, 15) is 18.0 Å². The topological polar surface area (TPSA) is 52.7 Å². The van der Waals surface area contributed by atoms with Gasteiger partial charge in [-0.1, -0.05) is 11.6 Å². The van der Waals surface area contributed by atoms with Crippen LogP contribution in [0.1, 0.15) is 34.7 Å². The van der Waals surface area contributed by atoms with Crippen molar-refractivity contribution in [3.63, 3.8) is 0 Å². The highest BCUT2D eigenvalue weighted by Gasteiger charge is 2.39. The average Bonchev–Trinajstić information content (AvgIpc) is 2.93. The molecule has 0 amide bonds. The summed E-state index contributed by atoms with van der Waals surface area (Å²) < 4.78 is 40.3. The van der Waals surface area contributed by atoms with Gasteiger partial charge in [0, 0.05) is 6.20 Å². The third kappa shape index (κ3) is 2.80. The number of alkyl halides is 3. The number of carbonyl (C=O) groups is 1. The van der Waals surface area contributed by atoms with E-state index in [1.54, 1.807) is 6.92 Å². The van der Waals surface area contributed by atoms with Gasteiger partial charge in [-0.2, -0.15) is 23.4 Å². The molecular weight excluding hydrogens is 309 g/mol. The molecule has 0 radical (unpaired) electrons. The molecule has 0 aliphatic carbocycles. The highest BCUT2D eigenvalue weighted by molar-refractivity contribution is 6.32. The second-order valence-electron chi connectivity index (χ2n) is 4.67. The highest BCUT2D eigenvalue weighted by atomic mass is 35.5. The smallest absolute Gasteiger partial charge is 0.270 e. The van der Waals surface area contributed by atoms with Gasteiger partial charge in [0.2, 0.25) is 0 Å². The fourth-order valence-electron chi connectivity index (χ4n) is 1.89. The molecule has 0 fully saturated rings. The van der Waals surface area contributed by atoms with Crippen molar-refractivity contribution in [1.29, 1.82) is 0 Å². The van der Waals surface area contributed by atoms with Gasteiger partial charge in [-0.25, -0.2) is 4.68 Å². The SMILES string of the molecule is Cc1cnn(C(=O)C(C)n2nc(C(F)(F)F)c(Cl)c2C)c1.